The standard InChI is InChI=1S/2C3H6O3.O/c2*1-2(4)3(5)6;/h2*2,4H,1H3,(H,5,6);/q;;+2/p-2. The van der Waals surface area contributed by atoms with Crippen molar-refractivity contribution in [2.75, 3.05) is 0 Å². The first-order valence-corrected chi connectivity index (χ1v) is 3.06. The van der Waals surface area contributed by atoms with E-state index in [1.807, 2.05) is 0 Å². The van der Waals surface area contributed by atoms with Gasteiger partial charge in [0.25, 0.3) is 0 Å². The van der Waals surface area contributed by atoms with Crippen molar-refractivity contribution >= 4 is 11.9 Å². The van der Waals surface area contributed by atoms with Crippen molar-refractivity contribution < 1.29 is 35.5 Å². The first-order chi connectivity index (χ1) is 5.29. The smallest absolute Gasteiger partial charge is 0.547 e. The molecule has 2 unspecified atom stereocenters. The number of aliphatic carboxylic acids is 2. The van der Waals surface area contributed by atoms with E-state index in [1.54, 1.807) is 0 Å². The van der Waals surface area contributed by atoms with Gasteiger partial charge in [-0.2, -0.15) is 0 Å². The summed E-state index contributed by atoms with van der Waals surface area (Å²) in [6.45, 7) is 2.27. The molecule has 0 aliphatic heterocycles. The molecule has 0 fully saturated rings. The van der Waals surface area contributed by atoms with Crippen LogP contribution >= 0.6 is 0 Å². The summed E-state index contributed by atoms with van der Waals surface area (Å²) in [5.74, 6) is -2.87. The van der Waals surface area contributed by atoms with Crippen LogP contribution in [0.5, 0.6) is 0 Å². The summed E-state index contributed by atoms with van der Waals surface area (Å²) >= 11 is 0. The number of carbonyl (C=O) groups excluding carboxylic acids is 2. The Morgan fingerprint density at radius 1 is 1.00 bits per heavy atom. The van der Waals surface area contributed by atoms with Gasteiger partial charge in [-0.1, -0.05) is 0 Å². The van der Waals surface area contributed by atoms with Gasteiger partial charge in [-0.25, -0.2) is 0 Å². The topological polar surface area (TPSA) is 149 Å². The van der Waals surface area contributed by atoms with Crippen LogP contribution in [0.1, 0.15) is 13.8 Å². The van der Waals surface area contributed by atoms with Crippen molar-refractivity contribution in [3.63, 3.8) is 0 Å². The Bertz CT molecular complexity index is 133. The van der Waals surface area contributed by atoms with Gasteiger partial charge in [0.05, 0.1) is 24.1 Å². The summed E-state index contributed by atoms with van der Waals surface area (Å²) in [5.41, 5.74) is 0. The van der Waals surface area contributed by atoms with E-state index < -0.39 is 24.1 Å². The fourth-order valence-electron chi connectivity index (χ4n) is 0. The monoisotopic (exact) mass is 194 g/mol. The Balaban J connectivity index is -0.000000143. The van der Waals surface area contributed by atoms with Crippen LogP contribution < -0.4 is 10.2 Å². The predicted octanol–water partition coefficient (Wildman–Crippen LogP) is -3.88. The first kappa shape index (κ1) is 17.8. The van der Waals surface area contributed by atoms with Crippen LogP contribution in [-0.4, -0.2) is 34.4 Å². The zero-order chi connectivity index (χ0) is 10.3. The molecule has 0 aliphatic rings. The third kappa shape index (κ3) is 18.1. The van der Waals surface area contributed by atoms with E-state index in [0.29, 0.717) is 0 Å². The van der Waals surface area contributed by atoms with Crippen LogP contribution in [0.15, 0.2) is 0 Å². The average Bonchev–Trinajstić information content (AvgIpc) is 1.88. The molecule has 2 atom stereocenters. The second kappa shape index (κ2) is 8.91. The molecule has 0 spiro atoms. The van der Waals surface area contributed by atoms with E-state index in [2.05, 4.69) is 0 Å². The maximum atomic E-state index is 9.34. The lowest BCUT2D eigenvalue weighted by Crippen LogP contribution is -2.32. The van der Waals surface area contributed by atoms with Gasteiger partial charge in [0.1, 0.15) is 0 Å². The summed E-state index contributed by atoms with van der Waals surface area (Å²) in [7, 11) is 0. The second-order valence-electron chi connectivity index (χ2n) is 1.99. The zero-order valence-electron chi connectivity index (χ0n) is 7.09. The molecule has 7 heteroatoms. The van der Waals surface area contributed by atoms with Gasteiger partial charge in [-0.05, 0) is 13.8 Å². The third-order valence-corrected chi connectivity index (χ3v) is 0.682. The van der Waals surface area contributed by atoms with Gasteiger partial charge in [0.2, 0.25) is 0 Å². The SMILES string of the molecule is CC(O)C(=O)[O-].CC(O)C(=O)[O-].[O+2]. The van der Waals surface area contributed by atoms with Crippen molar-refractivity contribution in [1.29, 1.82) is 0 Å². The molecule has 4 radical (unpaired) electrons. The second-order valence-corrected chi connectivity index (χ2v) is 1.99. The number of hydrogen-bond donors (Lipinski definition) is 2. The number of rotatable bonds is 2. The van der Waals surface area contributed by atoms with Crippen molar-refractivity contribution in [2.24, 2.45) is 0 Å². The maximum absolute atomic E-state index is 9.34. The summed E-state index contributed by atoms with van der Waals surface area (Å²) in [5, 5.41) is 34.6. The van der Waals surface area contributed by atoms with Gasteiger partial charge in [-0.3, -0.25) is 0 Å². The molecule has 7 nitrogen and oxygen atoms in total. The maximum Gasteiger partial charge on any atom is 2.00 e. The van der Waals surface area contributed by atoms with E-state index in [0.717, 1.165) is 13.8 Å². The molecule has 2 N–H and O–H groups in total. The highest BCUT2D eigenvalue weighted by Crippen LogP contribution is 1.69. The zero-order valence-corrected chi connectivity index (χ0v) is 7.09. The lowest BCUT2D eigenvalue weighted by molar-refractivity contribution is -0.315. The van der Waals surface area contributed by atoms with Crippen molar-refractivity contribution in [3.05, 3.63) is 0 Å². The molecule has 0 bridgehead atoms. The number of aliphatic hydroxyl groups excluding tert-OH is 2. The molecule has 0 aromatic carbocycles. The van der Waals surface area contributed by atoms with Gasteiger partial charge < -0.3 is 30.0 Å². The molecular formula is C6H10O7. The lowest BCUT2D eigenvalue weighted by Gasteiger charge is -2.00. The molecule has 0 saturated heterocycles. The number of hydrogen-bond acceptors (Lipinski definition) is 6. The van der Waals surface area contributed by atoms with Crippen LogP contribution in [0.2, 0.25) is 0 Å². The Kier molecular flexibility index (Phi) is 12.2. The molecule has 0 aromatic heterocycles. The number of carboxylic acid groups (broad SMARTS) is 2. The minimum atomic E-state index is -1.44. The van der Waals surface area contributed by atoms with Gasteiger partial charge in [-0.15, -0.1) is 0 Å². The Morgan fingerprint density at radius 2 is 1.08 bits per heavy atom. The van der Waals surface area contributed by atoms with Crippen LogP contribution in [0.25, 0.3) is 0 Å². The molecule has 0 heterocycles. The quantitative estimate of drug-likeness (QED) is 0.459. The Morgan fingerprint density at radius 3 is 1.08 bits per heavy atom. The largest absolute Gasteiger partial charge is 2.00 e. The molecule has 76 valence electrons. The summed E-state index contributed by atoms with van der Waals surface area (Å²) in [4.78, 5) is 18.7. The van der Waals surface area contributed by atoms with Gasteiger partial charge in [0, 0.05) is 0 Å². The highest BCUT2D eigenvalue weighted by Gasteiger charge is 2.00. The van der Waals surface area contributed by atoms with Crippen molar-refractivity contribution in [1.82, 2.24) is 0 Å². The van der Waals surface area contributed by atoms with Crippen molar-refractivity contribution in [2.45, 2.75) is 26.1 Å². The number of carbonyl (C=O) groups is 2. The number of aliphatic hydroxyl groups is 2. The van der Waals surface area contributed by atoms with Crippen LogP contribution in [0.3, 0.4) is 0 Å². The molecule has 0 saturated carbocycles. The highest BCUT2D eigenvalue weighted by atomic mass is 16.4. The Labute approximate surface area is 74.6 Å². The van der Waals surface area contributed by atoms with Gasteiger partial charge >= 0.3 is 5.48 Å². The van der Waals surface area contributed by atoms with Gasteiger partial charge in [0.15, 0.2) is 0 Å². The van der Waals surface area contributed by atoms with E-state index in [-0.39, 0.29) is 5.48 Å². The summed E-state index contributed by atoms with van der Waals surface area (Å²) in [6, 6.07) is 0. The molecular weight excluding hydrogens is 184 g/mol. The van der Waals surface area contributed by atoms with Crippen LogP contribution in [0, 0.1) is 0 Å². The molecule has 0 aromatic rings. The highest BCUT2D eigenvalue weighted by molar-refractivity contribution is 5.69. The minimum Gasteiger partial charge on any atom is -0.547 e. The Hall–Kier alpha value is -1.18. The van der Waals surface area contributed by atoms with Crippen LogP contribution in [-0.2, 0) is 15.1 Å². The van der Waals surface area contributed by atoms with E-state index in [4.69, 9.17) is 10.2 Å². The fraction of sp³-hybridized carbons (Fsp3) is 0.667. The molecule has 0 rings (SSSR count). The molecule has 13 heavy (non-hydrogen) atoms. The normalized spacial score (nSPS) is 12.6. The van der Waals surface area contributed by atoms with E-state index in [1.165, 1.54) is 0 Å². The van der Waals surface area contributed by atoms with E-state index in [9.17, 15) is 19.8 Å². The van der Waals surface area contributed by atoms with E-state index >= 15 is 0 Å². The molecule has 0 aliphatic carbocycles. The molecule has 0 amide bonds. The number of carboxylic acids is 2. The van der Waals surface area contributed by atoms with Crippen LogP contribution in [0.4, 0.5) is 0 Å². The third-order valence-electron chi connectivity index (χ3n) is 0.682. The fourth-order valence-corrected chi connectivity index (χ4v) is 0. The summed E-state index contributed by atoms with van der Waals surface area (Å²) in [6.07, 6.45) is -2.69. The average molecular weight is 194 g/mol. The predicted molar refractivity (Wildman–Crippen MR) is 34.1 cm³/mol. The first-order valence-electron chi connectivity index (χ1n) is 3.06. The summed E-state index contributed by atoms with van der Waals surface area (Å²) < 4.78 is 0. The lowest BCUT2D eigenvalue weighted by atomic mass is 10.4. The minimum absolute atomic E-state index is 0. The van der Waals surface area contributed by atoms with Crippen molar-refractivity contribution in [3.8, 4) is 0 Å².